The Kier molecular flexibility index (Phi) is 6.42. The van der Waals surface area contributed by atoms with Crippen LogP contribution in [0.5, 0.6) is 0 Å². The Hall–Kier alpha value is -3.11. The number of hydrogen-bond acceptors (Lipinski definition) is 6. The normalized spacial score (nSPS) is 18.1. The number of hydrogen-bond donors (Lipinski definition) is 0. The van der Waals surface area contributed by atoms with Gasteiger partial charge in [-0.25, -0.2) is 9.67 Å². The summed E-state index contributed by atoms with van der Waals surface area (Å²) in [4.78, 5) is 21.6. The number of aryl methyl sites for hydroxylation is 1. The van der Waals surface area contributed by atoms with E-state index in [2.05, 4.69) is 10.1 Å². The minimum atomic E-state index is -4.47. The molecule has 1 saturated carbocycles. The molecule has 5 rings (SSSR count). The molecular formula is C26H27F3N4O3. The monoisotopic (exact) mass is 500 g/mol. The number of alkyl halides is 3. The average Bonchev–Trinajstić information content (AvgIpc) is 3.46. The number of ether oxygens (including phenoxy) is 2. The van der Waals surface area contributed by atoms with Gasteiger partial charge < -0.3 is 9.47 Å². The van der Waals surface area contributed by atoms with Crippen LogP contribution in [0.25, 0.3) is 5.82 Å². The molecule has 36 heavy (non-hydrogen) atoms. The van der Waals surface area contributed by atoms with E-state index in [9.17, 15) is 18.0 Å². The van der Waals surface area contributed by atoms with Gasteiger partial charge in [-0.3, -0.25) is 9.78 Å². The van der Waals surface area contributed by atoms with Crippen molar-refractivity contribution in [2.75, 3.05) is 13.2 Å². The molecule has 4 heterocycles. The lowest BCUT2D eigenvalue weighted by Crippen LogP contribution is -2.34. The van der Waals surface area contributed by atoms with Gasteiger partial charge in [-0.15, -0.1) is 0 Å². The summed E-state index contributed by atoms with van der Waals surface area (Å²) in [5, 5.41) is 4.18. The van der Waals surface area contributed by atoms with Crippen molar-refractivity contribution in [2.45, 2.75) is 63.8 Å². The summed E-state index contributed by atoms with van der Waals surface area (Å²) in [5.41, 5.74) is 2.98. The van der Waals surface area contributed by atoms with Crippen molar-refractivity contribution in [3.8, 4) is 5.82 Å². The quantitative estimate of drug-likeness (QED) is 0.453. The van der Waals surface area contributed by atoms with Crippen LogP contribution >= 0.6 is 0 Å². The van der Waals surface area contributed by atoms with Crippen LogP contribution in [0.15, 0.2) is 36.8 Å². The van der Waals surface area contributed by atoms with E-state index in [1.165, 1.54) is 16.9 Å². The van der Waals surface area contributed by atoms with Crippen LogP contribution < -0.4 is 0 Å². The van der Waals surface area contributed by atoms with Gasteiger partial charge in [0, 0.05) is 43.3 Å². The summed E-state index contributed by atoms with van der Waals surface area (Å²) in [7, 11) is 0. The largest absolute Gasteiger partial charge is 0.417 e. The zero-order valence-electron chi connectivity index (χ0n) is 20.1. The first kappa shape index (κ1) is 24.6. The number of ketones is 1. The molecule has 1 aliphatic carbocycles. The third-order valence-electron chi connectivity index (χ3n) is 7.09. The zero-order valence-corrected chi connectivity index (χ0v) is 20.1. The molecule has 190 valence electrons. The molecule has 0 aromatic carbocycles. The summed E-state index contributed by atoms with van der Waals surface area (Å²) in [6.07, 6.45) is 3.23. The smallest absolute Gasteiger partial charge is 0.348 e. The summed E-state index contributed by atoms with van der Waals surface area (Å²) in [6.45, 7) is 5.02. The Morgan fingerprint density at radius 2 is 1.81 bits per heavy atom. The van der Waals surface area contributed by atoms with Gasteiger partial charge in [-0.1, -0.05) is 6.07 Å². The van der Waals surface area contributed by atoms with E-state index in [1.807, 2.05) is 13.0 Å². The van der Waals surface area contributed by atoms with Crippen molar-refractivity contribution in [1.82, 2.24) is 19.7 Å². The van der Waals surface area contributed by atoms with Gasteiger partial charge in [-0.05, 0) is 49.9 Å². The van der Waals surface area contributed by atoms with Crippen molar-refractivity contribution < 1.29 is 27.4 Å². The van der Waals surface area contributed by atoms with Crippen LogP contribution in [-0.4, -0.2) is 44.5 Å². The molecule has 2 fully saturated rings. The number of rotatable bonds is 5. The van der Waals surface area contributed by atoms with Crippen LogP contribution in [-0.2, 0) is 22.1 Å². The molecular weight excluding hydrogens is 473 g/mol. The second-order valence-corrected chi connectivity index (χ2v) is 9.49. The lowest BCUT2D eigenvalue weighted by atomic mass is 9.81. The molecule has 3 aromatic heterocycles. The first-order valence-electron chi connectivity index (χ1n) is 12.0. The van der Waals surface area contributed by atoms with Gasteiger partial charge in [0.05, 0.1) is 36.2 Å². The highest BCUT2D eigenvalue weighted by Crippen LogP contribution is 2.42. The summed E-state index contributed by atoms with van der Waals surface area (Å²) in [6, 6.07) is 4.19. The number of carbonyl (C=O) groups excluding carboxylic acids is 1. The molecule has 0 unspecified atom stereocenters. The predicted molar refractivity (Wildman–Crippen MR) is 124 cm³/mol. The molecule has 0 atom stereocenters. The highest BCUT2D eigenvalue weighted by atomic mass is 19.4. The number of carbonyl (C=O) groups is 1. The maximum Gasteiger partial charge on any atom is 0.417 e. The molecule has 1 aliphatic heterocycles. The van der Waals surface area contributed by atoms with Gasteiger partial charge >= 0.3 is 6.18 Å². The Morgan fingerprint density at radius 3 is 2.42 bits per heavy atom. The zero-order chi connectivity index (χ0) is 25.5. The van der Waals surface area contributed by atoms with Gasteiger partial charge in [0.1, 0.15) is 0 Å². The lowest BCUT2D eigenvalue weighted by Gasteiger charge is -2.35. The number of nitrogens with zero attached hydrogens (tertiary/aromatic N) is 4. The number of pyridine rings is 2. The van der Waals surface area contributed by atoms with Crippen molar-refractivity contribution in [3.63, 3.8) is 0 Å². The molecule has 10 heteroatoms. The average molecular weight is 501 g/mol. The Bertz CT molecular complexity index is 1250. The fourth-order valence-corrected chi connectivity index (χ4v) is 5.16. The molecule has 1 spiro atoms. The van der Waals surface area contributed by atoms with Crippen LogP contribution in [0.2, 0.25) is 0 Å². The molecule has 0 N–H and O–H groups in total. The molecule has 3 aromatic rings. The van der Waals surface area contributed by atoms with E-state index >= 15 is 0 Å². The number of Topliss-reactive ketones (excluding diaryl/α,β-unsaturated/α-hetero) is 1. The van der Waals surface area contributed by atoms with Gasteiger partial charge in [-0.2, -0.15) is 18.3 Å². The first-order valence-corrected chi connectivity index (χ1v) is 12.0. The lowest BCUT2D eigenvalue weighted by molar-refractivity contribution is -0.179. The third-order valence-corrected chi connectivity index (χ3v) is 7.09. The Labute approximate surface area is 206 Å². The number of aromatic nitrogens is 4. The molecule has 7 nitrogen and oxygen atoms in total. The minimum absolute atomic E-state index is 0.144. The molecule has 0 bridgehead atoms. The van der Waals surface area contributed by atoms with Crippen molar-refractivity contribution >= 4 is 5.78 Å². The highest BCUT2D eigenvalue weighted by molar-refractivity contribution is 5.98. The first-order chi connectivity index (χ1) is 17.2. The van der Waals surface area contributed by atoms with Crippen molar-refractivity contribution in [3.05, 3.63) is 70.4 Å². The van der Waals surface area contributed by atoms with Gasteiger partial charge in [0.25, 0.3) is 0 Å². The molecule has 0 amide bonds. The van der Waals surface area contributed by atoms with Crippen LogP contribution in [0.4, 0.5) is 13.2 Å². The number of halogens is 3. The minimum Gasteiger partial charge on any atom is -0.348 e. The van der Waals surface area contributed by atoms with E-state index < -0.39 is 17.5 Å². The van der Waals surface area contributed by atoms with E-state index in [0.29, 0.717) is 30.4 Å². The maximum absolute atomic E-state index is 13.0. The maximum atomic E-state index is 13.0. The van der Waals surface area contributed by atoms with Gasteiger partial charge in [0.2, 0.25) is 0 Å². The summed E-state index contributed by atoms with van der Waals surface area (Å²) >= 11 is 0. The molecule has 2 aliphatic rings. The Morgan fingerprint density at radius 1 is 1.08 bits per heavy atom. The predicted octanol–water partition coefficient (Wildman–Crippen LogP) is 5.12. The summed E-state index contributed by atoms with van der Waals surface area (Å²) < 4.78 is 51.5. The van der Waals surface area contributed by atoms with Crippen LogP contribution in [0.1, 0.15) is 70.0 Å². The van der Waals surface area contributed by atoms with Crippen LogP contribution in [0.3, 0.4) is 0 Å². The molecule has 0 radical (unpaired) electrons. The standard InChI is InChI=1S/C26H27F3N4O3/c1-16-11-18(13-31-24(16)19-5-7-25(8-6-19)35-9-10-36-25)12-22(34)21-15-32-33(17(21)2)23-4-3-20(14-30-23)26(27,28)29/h3-4,11,13-15,19H,5-10,12H2,1-2H3. The van der Waals surface area contributed by atoms with E-state index in [1.54, 1.807) is 13.1 Å². The van der Waals surface area contributed by atoms with Gasteiger partial charge in [0.15, 0.2) is 17.4 Å². The SMILES string of the molecule is Cc1cc(CC(=O)c2cnn(-c3ccc(C(F)(F)F)cn3)c2C)cnc1C1CCC2(CC1)OCCO2. The second kappa shape index (κ2) is 9.40. The fourth-order valence-electron chi connectivity index (χ4n) is 5.16. The fraction of sp³-hybridized carbons (Fsp3) is 0.462. The highest BCUT2D eigenvalue weighted by Gasteiger charge is 2.41. The van der Waals surface area contributed by atoms with E-state index in [-0.39, 0.29) is 18.0 Å². The topological polar surface area (TPSA) is 79.1 Å². The third kappa shape index (κ3) is 4.79. The Balaban J connectivity index is 1.26. The summed E-state index contributed by atoms with van der Waals surface area (Å²) in [5.74, 6) is -0.00156. The van der Waals surface area contributed by atoms with E-state index in [0.717, 1.165) is 54.8 Å². The van der Waals surface area contributed by atoms with E-state index in [4.69, 9.17) is 14.5 Å². The van der Waals surface area contributed by atoms with Crippen molar-refractivity contribution in [2.24, 2.45) is 0 Å². The van der Waals surface area contributed by atoms with Crippen LogP contribution in [0, 0.1) is 13.8 Å². The van der Waals surface area contributed by atoms with Crippen molar-refractivity contribution in [1.29, 1.82) is 0 Å². The molecule has 1 saturated heterocycles. The second-order valence-electron chi connectivity index (χ2n) is 9.49.